The zero-order valence-electron chi connectivity index (χ0n) is 15.6. The van der Waals surface area contributed by atoms with Crippen LogP contribution in [-0.4, -0.2) is 22.7 Å². The second-order valence-corrected chi connectivity index (χ2v) is 9.21. The minimum absolute atomic E-state index is 0.0393. The average Bonchev–Trinajstić information content (AvgIpc) is 2.66. The maximum absolute atomic E-state index is 12.8. The fraction of sp³-hybridized carbons (Fsp3) is 0.435. The topological polar surface area (TPSA) is 58.6 Å². The molecule has 6 rings (SSSR count). The molecule has 2 N–H and O–H groups in total. The van der Waals surface area contributed by atoms with E-state index in [-0.39, 0.29) is 11.9 Å². The molecule has 0 spiro atoms. The number of benzene rings is 2. The Labute approximate surface area is 169 Å². The van der Waals surface area contributed by atoms with Crippen molar-refractivity contribution in [3.63, 3.8) is 0 Å². The lowest BCUT2D eigenvalue weighted by atomic mass is 9.52. The Bertz CT molecular complexity index is 864. The van der Waals surface area contributed by atoms with Crippen LogP contribution >= 0.6 is 11.6 Å². The Hall–Kier alpha value is -2.04. The first kappa shape index (κ1) is 18.0. The maximum atomic E-state index is 12.8. The average molecular weight is 398 g/mol. The highest BCUT2D eigenvalue weighted by atomic mass is 35.5. The zero-order valence-corrected chi connectivity index (χ0v) is 16.4. The Morgan fingerprint density at radius 1 is 0.964 bits per heavy atom. The summed E-state index contributed by atoms with van der Waals surface area (Å²) in [6, 6.07) is 14.6. The van der Waals surface area contributed by atoms with Gasteiger partial charge in [0.05, 0.1) is 5.60 Å². The molecule has 2 aromatic carbocycles. The highest BCUT2D eigenvalue weighted by Gasteiger charge is 2.55. The van der Waals surface area contributed by atoms with E-state index in [1.807, 2.05) is 24.3 Å². The number of amides is 1. The van der Waals surface area contributed by atoms with E-state index in [1.165, 1.54) is 0 Å². The first-order chi connectivity index (χ1) is 13.5. The van der Waals surface area contributed by atoms with Crippen LogP contribution in [0.3, 0.4) is 0 Å². The lowest BCUT2D eigenvalue weighted by Crippen LogP contribution is -2.61. The van der Waals surface area contributed by atoms with Gasteiger partial charge < -0.3 is 15.2 Å². The van der Waals surface area contributed by atoms with Crippen molar-refractivity contribution in [3.05, 3.63) is 59.1 Å². The van der Waals surface area contributed by atoms with Crippen molar-refractivity contribution in [3.8, 4) is 11.5 Å². The van der Waals surface area contributed by atoms with Crippen LogP contribution in [0.1, 0.15) is 42.5 Å². The first-order valence-electron chi connectivity index (χ1n) is 10.0. The fourth-order valence-corrected chi connectivity index (χ4v) is 5.89. The molecule has 1 amide bonds. The van der Waals surface area contributed by atoms with E-state index in [2.05, 4.69) is 5.32 Å². The van der Waals surface area contributed by atoms with Gasteiger partial charge in [-0.1, -0.05) is 11.6 Å². The molecular formula is C23H24ClNO3. The number of hydrogen-bond donors (Lipinski definition) is 2. The van der Waals surface area contributed by atoms with Crippen LogP contribution in [0, 0.1) is 17.8 Å². The van der Waals surface area contributed by atoms with E-state index in [4.69, 9.17) is 16.3 Å². The number of carbonyl (C=O) groups is 1. The van der Waals surface area contributed by atoms with Gasteiger partial charge in [0.25, 0.3) is 5.91 Å². The third-order valence-electron chi connectivity index (χ3n) is 6.70. The fourth-order valence-electron chi connectivity index (χ4n) is 5.76. The normalized spacial score (nSPS) is 32.9. The maximum Gasteiger partial charge on any atom is 0.251 e. The number of halogens is 1. The summed E-state index contributed by atoms with van der Waals surface area (Å²) in [4.78, 5) is 12.8. The summed E-state index contributed by atoms with van der Waals surface area (Å²) in [5.41, 5.74) is 0.161. The molecule has 4 aliphatic carbocycles. The molecular weight excluding hydrogens is 374 g/mol. The third kappa shape index (κ3) is 3.40. The second kappa shape index (κ2) is 6.78. The van der Waals surface area contributed by atoms with Gasteiger partial charge in [0.2, 0.25) is 0 Å². The van der Waals surface area contributed by atoms with Gasteiger partial charge in [-0.15, -0.1) is 0 Å². The predicted octanol–water partition coefficient (Wildman–Crippen LogP) is 4.80. The van der Waals surface area contributed by atoms with Gasteiger partial charge in [-0.25, -0.2) is 0 Å². The summed E-state index contributed by atoms with van der Waals surface area (Å²) in [5, 5.41) is 14.6. The quantitative estimate of drug-likeness (QED) is 0.778. The molecule has 2 unspecified atom stereocenters. The molecule has 0 heterocycles. The SMILES string of the molecule is O=C(NC1C2CC3CC1CC(O)(C3)C2)c1ccc(Oc2ccc(Cl)cc2)cc1. The number of nitrogens with one attached hydrogen (secondary N) is 1. The van der Waals surface area contributed by atoms with Gasteiger partial charge in [-0.2, -0.15) is 0 Å². The zero-order chi connectivity index (χ0) is 19.3. The van der Waals surface area contributed by atoms with E-state index in [1.54, 1.807) is 24.3 Å². The van der Waals surface area contributed by atoms with Crippen LogP contribution in [0.2, 0.25) is 5.02 Å². The van der Waals surface area contributed by atoms with Crippen molar-refractivity contribution in [1.29, 1.82) is 0 Å². The van der Waals surface area contributed by atoms with E-state index in [0.29, 0.717) is 39.8 Å². The van der Waals surface area contributed by atoms with Gasteiger partial charge in [0.1, 0.15) is 11.5 Å². The van der Waals surface area contributed by atoms with Crippen LogP contribution in [0.4, 0.5) is 0 Å². The number of hydrogen-bond acceptors (Lipinski definition) is 3. The van der Waals surface area contributed by atoms with Gasteiger partial charge in [0.15, 0.2) is 0 Å². The number of aliphatic hydroxyl groups is 1. The lowest BCUT2D eigenvalue weighted by molar-refractivity contribution is -0.136. The largest absolute Gasteiger partial charge is 0.457 e. The van der Waals surface area contributed by atoms with E-state index < -0.39 is 5.60 Å². The number of ether oxygens (including phenoxy) is 1. The molecule has 5 heteroatoms. The molecule has 0 aromatic heterocycles. The summed E-state index contributed by atoms with van der Waals surface area (Å²) in [5.74, 6) is 2.80. The molecule has 0 aliphatic heterocycles. The third-order valence-corrected chi connectivity index (χ3v) is 6.96. The van der Waals surface area contributed by atoms with Crippen molar-refractivity contribution < 1.29 is 14.6 Å². The summed E-state index contributed by atoms with van der Waals surface area (Å²) in [6.07, 6.45) is 4.89. The Morgan fingerprint density at radius 2 is 1.54 bits per heavy atom. The minimum Gasteiger partial charge on any atom is -0.457 e. The standard InChI is InChI=1S/C23H24ClNO3/c24-18-3-7-20(8-4-18)28-19-5-1-15(2-6-19)22(26)25-21-16-9-14-10-17(21)13-23(27,11-14)12-16/h1-8,14,16-17,21,27H,9-13H2,(H,25,26). The van der Waals surface area contributed by atoms with Gasteiger partial charge in [-0.05, 0) is 98.4 Å². The van der Waals surface area contributed by atoms with Crippen molar-refractivity contribution in [2.75, 3.05) is 0 Å². The molecule has 146 valence electrons. The highest BCUT2D eigenvalue weighted by Crippen LogP contribution is 2.55. The van der Waals surface area contributed by atoms with Crippen molar-refractivity contribution in [2.24, 2.45) is 17.8 Å². The molecule has 4 bridgehead atoms. The molecule has 4 fully saturated rings. The van der Waals surface area contributed by atoms with Crippen LogP contribution in [0.5, 0.6) is 11.5 Å². The van der Waals surface area contributed by atoms with Gasteiger partial charge in [-0.3, -0.25) is 4.79 Å². The van der Waals surface area contributed by atoms with Gasteiger partial charge >= 0.3 is 0 Å². The molecule has 28 heavy (non-hydrogen) atoms. The monoisotopic (exact) mass is 397 g/mol. The molecule has 4 aliphatic rings. The summed E-state index contributed by atoms with van der Waals surface area (Å²) >= 11 is 5.89. The minimum atomic E-state index is -0.474. The van der Waals surface area contributed by atoms with Crippen molar-refractivity contribution >= 4 is 17.5 Å². The molecule has 4 nitrogen and oxygen atoms in total. The second-order valence-electron chi connectivity index (χ2n) is 8.77. The molecule has 0 radical (unpaired) electrons. The van der Waals surface area contributed by atoms with E-state index in [0.717, 1.165) is 32.1 Å². The number of carbonyl (C=O) groups excluding carboxylic acids is 1. The van der Waals surface area contributed by atoms with Crippen molar-refractivity contribution in [2.45, 2.75) is 43.7 Å². The van der Waals surface area contributed by atoms with Crippen LogP contribution < -0.4 is 10.1 Å². The Morgan fingerprint density at radius 3 is 2.11 bits per heavy atom. The molecule has 0 saturated heterocycles. The highest BCUT2D eigenvalue weighted by molar-refractivity contribution is 6.30. The Kier molecular flexibility index (Phi) is 4.37. The molecule has 2 aromatic rings. The Balaban J connectivity index is 1.24. The predicted molar refractivity (Wildman–Crippen MR) is 108 cm³/mol. The molecule has 4 saturated carbocycles. The van der Waals surface area contributed by atoms with Gasteiger partial charge in [0, 0.05) is 16.6 Å². The summed E-state index contributed by atoms with van der Waals surface area (Å²) in [7, 11) is 0. The van der Waals surface area contributed by atoms with E-state index >= 15 is 0 Å². The number of rotatable bonds is 4. The van der Waals surface area contributed by atoms with E-state index in [9.17, 15) is 9.90 Å². The van der Waals surface area contributed by atoms with Crippen LogP contribution in [0.15, 0.2) is 48.5 Å². The van der Waals surface area contributed by atoms with Crippen LogP contribution in [-0.2, 0) is 0 Å². The molecule has 2 atom stereocenters. The first-order valence-corrected chi connectivity index (χ1v) is 10.4. The summed E-state index contributed by atoms with van der Waals surface area (Å²) in [6.45, 7) is 0. The van der Waals surface area contributed by atoms with Crippen molar-refractivity contribution in [1.82, 2.24) is 5.32 Å². The summed E-state index contributed by atoms with van der Waals surface area (Å²) < 4.78 is 5.79. The smallest absolute Gasteiger partial charge is 0.251 e. The van der Waals surface area contributed by atoms with Crippen LogP contribution in [0.25, 0.3) is 0 Å². The lowest BCUT2D eigenvalue weighted by Gasteiger charge is -2.58.